The van der Waals surface area contributed by atoms with Crippen molar-refractivity contribution >= 4 is 19.0 Å². The molecule has 2 N–H and O–H groups in total. The van der Waals surface area contributed by atoms with Crippen LogP contribution in [0.3, 0.4) is 0 Å². The summed E-state index contributed by atoms with van der Waals surface area (Å²) in [5.41, 5.74) is 6.20. The highest BCUT2D eigenvalue weighted by Crippen LogP contribution is 2.19. The van der Waals surface area contributed by atoms with Crippen molar-refractivity contribution in [2.45, 2.75) is 6.42 Å². The van der Waals surface area contributed by atoms with Gasteiger partial charge in [-0.25, -0.2) is 4.99 Å². The topological polar surface area (TPSA) is 41.6 Å². The molecule has 0 fully saturated rings. The number of hydrogen-bond donors (Lipinski definition) is 2. The Balaban J connectivity index is 2.69. The van der Waals surface area contributed by atoms with Gasteiger partial charge in [-0.1, -0.05) is 0 Å². The van der Waals surface area contributed by atoms with E-state index in [0.29, 0.717) is 0 Å². The number of thiol groups is 1. The van der Waals surface area contributed by atoms with E-state index in [1.54, 1.807) is 0 Å². The van der Waals surface area contributed by atoms with Crippen LogP contribution in [0.4, 0.5) is 0 Å². The molecule has 0 saturated carbocycles. The predicted octanol–water partition coefficient (Wildman–Crippen LogP) is 0.450. The third-order valence-electron chi connectivity index (χ3n) is 1.71. The summed E-state index contributed by atoms with van der Waals surface area (Å²) >= 11 is 4.32. The van der Waals surface area contributed by atoms with Crippen LogP contribution in [0.15, 0.2) is 15.6 Å². The Labute approximate surface area is 72.4 Å². The molecule has 3 nitrogen and oxygen atoms in total. The van der Waals surface area contributed by atoms with Gasteiger partial charge in [0.25, 0.3) is 0 Å². The van der Waals surface area contributed by atoms with Gasteiger partial charge in [0.05, 0.1) is 12.0 Å². The normalized spacial score (nSPS) is 21.6. The van der Waals surface area contributed by atoms with E-state index in [-0.39, 0.29) is 0 Å². The molecule has 1 aliphatic heterocycles. The predicted molar refractivity (Wildman–Crippen MR) is 50.8 cm³/mol. The van der Waals surface area contributed by atoms with Crippen molar-refractivity contribution in [3.05, 3.63) is 10.6 Å². The number of aliphatic imine (C=N–C) groups is 1. The highest BCUT2D eigenvalue weighted by atomic mass is 32.1. The molecule has 1 rings (SSSR count). The summed E-state index contributed by atoms with van der Waals surface area (Å²) in [6.45, 7) is 1.92. The van der Waals surface area contributed by atoms with Gasteiger partial charge in [-0.15, -0.1) is 12.6 Å². The van der Waals surface area contributed by atoms with Gasteiger partial charge >= 0.3 is 0 Å². The Hall–Kier alpha value is -0.480. The molecule has 1 heterocycles. The summed E-state index contributed by atoms with van der Waals surface area (Å²) in [6, 6.07) is 0. The highest BCUT2D eigenvalue weighted by Gasteiger charge is 2.11. The zero-order valence-corrected chi connectivity index (χ0v) is 7.51. The minimum Gasteiger partial charge on any atom is -0.390 e. The van der Waals surface area contributed by atoms with Gasteiger partial charge in [0.1, 0.15) is 0 Å². The van der Waals surface area contributed by atoms with Gasteiger partial charge < -0.3 is 10.6 Å². The third kappa shape index (κ3) is 2.24. The van der Waals surface area contributed by atoms with E-state index in [9.17, 15) is 0 Å². The lowest BCUT2D eigenvalue weighted by molar-refractivity contribution is 0.355. The standard InChI is InChI=1S/C7H13N3S/c1-10-3-2-6(9-5-8)7(11)4-10/h5,11H,2-4H2,1H3,(H2,8,9). The first-order valence-electron chi connectivity index (χ1n) is 3.58. The van der Waals surface area contributed by atoms with Crippen molar-refractivity contribution in [1.29, 1.82) is 0 Å². The summed E-state index contributed by atoms with van der Waals surface area (Å²) in [6.07, 6.45) is 2.28. The fourth-order valence-electron chi connectivity index (χ4n) is 1.10. The van der Waals surface area contributed by atoms with Crippen LogP contribution >= 0.6 is 12.6 Å². The molecule has 0 amide bonds. The Morgan fingerprint density at radius 3 is 3.00 bits per heavy atom. The fraction of sp³-hybridized carbons (Fsp3) is 0.571. The van der Waals surface area contributed by atoms with Crippen LogP contribution in [0.1, 0.15) is 6.42 Å². The van der Waals surface area contributed by atoms with Crippen molar-refractivity contribution < 1.29 is 0 Å². The molecular weight excluding hydrogens is 158 g/mol. The summed E-state index contributed by atoms with van der Waals surface area (Å²) in [4.78, 5) is 7.26. The second-order valence-corrected chi connectivity index (χ2v) is 3.20. The second kappa shape index (κ2) is 3.78. The van der Waals surface area contributed by atoms with Gasteiger partial charge in [-0.3, -0.25) is 0 Å². The van der Waals surface area contributed by atoms with Gasteiger partial charge in [0.2, 0.25) is 0 Å². The molecule has 0 aromatic carbocycles. The lowest BCUT2D eigenvalue weighted by Gasteiger charge is -2.22. The van der Waals surface area contributed by atoms with Crippen LogP contribution in [0, 0.1) is 0 Å². The number of rotatable bonds is 1. The SMILES string of the molecule is CN1CCC(N=CN)=C(S)C1. The van der Waals surface area contributed by atoms with Gasteiger partial charge in [0.15, 0.2) is 0 Å². The van der Waals surface area contributed by atoms with E-state index in [1.165, 1.54) is 6.34 Å². The van der Waals surface area contributed by atoms with Gasteiger partial charge in [-0.2, -0.15) is 0 Å². The van der Waals surface area contributed by atoms with Crippen molar-refractivity contribution in [3.8, 4) is 0 Å². The first-order chi connectivity index (χ1) is 5.24. The minimum absolute atomic E-state index is 0.885. The molecule has 0 aromatic rings. The molecule has 4 heteroatoms. The van der Waals surface area contributed by atoms with Crippen LogP contribution in [-0.4, -0.2) is 31.4 Å². The van der Waals surface area contributed by atoms with Crippen molar-refractivity contribution in [2.75, 3.05) is 20.1 Å². The number of hydrogen-bond acceptors (Lipinski definition) is 3. The lowest BCUT2D eigenvalue weighted by Crippen LogP contribution is -2.26. The summed E-state index contributed by atoms with van der Waals surface area (Å²) in [7, 11) is 2.07. The largest absolute Gasteiger partial charge is 0.390 e. The van der Waals surface area contributed by atoms with Crippen LogP contribution in [0.5, 0.6) is 0 Å². The molecule has 11 heavy (non-hydrogen) atoms. The molecule has 0 unspecified atom stereocenters. The van der Waals surface area contributed by atoms with E-state index in [0.717, 1.165) is 30.1 Å². The molecule has 0 atom stereocenters. The maximum atomic E-state index is 5.18. The highest BCUT2D eigenvalue weighted by molar-refractivity contribution is 7.84. The van der Waals surface area contributed by atoms with Gasteiger partial charge in [-0.05, 0) is 7.05 Å². The van der Waals surface area contributed by atoms with Crippen LogP contribution < -0.4 is 5.73 Å². The average Bonchev–Trinajstić information content (AvgIpc) is 1.95. The summed E-state index contributed by atoms with van der Waals surface area (Å²) in [5, 5.41) is 0. The Morgan fingerprint density at radius 2 is 2.45 bits per heavy atom. The molecule has 0 aliphatic carbocycles. The average molecular weight is 171 g/mol. The van der Waals surface area contributed by atoms with E-state index in [2.05, 4.69) is 29.6 Å². The van der Waals surface area contributed by atoms with E-state index < -0.39 is 0 Å². The van der Waals surface area contributed by atoms with E-state index >= 15 is 0 Å². The monoisotopic (exact) mass is 171 g/mol. The van der Waals surface area contributed by atoms with E-state index in [4.69, 9.17) is 5.73 Å². The van der Waals surface area contributed by atoms with Crippen LogP contribution in [0.2, 0.25) is 0 Å². The molecule has 0 radical (unpaired) electrons. The Morgan fingerprint density at radius 1 is 1.73 bits per heavy atom. The molecule has 0 spiro atoms. The number of nitrogens with two attached hydrogens (primary N) is 1. The molecule has 0 saturated heterocycles. The molecular formula is C7H13N3S. The zero-order valence-electron chi connectivity index (χ0n) is 6.62. The lowest BCUT2D eigenvalue weighted by atomic mass is 10.2. The molecule has 62 valence electrons. The van der Waals surface area contributed by atoms with Crippen molar-refractivity contribution in [2.24, 2.45) is 10.7 Å². The third-order valence-corrected chi connectivity index (χ3v) is 2.11. The maximum Gasteiger partial charge on any atom is 0.0856 e. The van der Waals surface area contributed by atoms with E-state index in [1.807, 2.05) is 0 Å². The number of nitrogens with zero attached hydrogens (tertiary/aromatic N) is 2. The van der Waals surface area contributed by atoms with Crippen LogP contribution in [0.25, 0.3) is 0 Å². The summed E-state index contributed by atoms with van der Waals surface area (Å²) in [5.74, 6) is 0. The molecule has 0 bridgehead atoms. The number of likely N-dealkylation sites (N-methyl/N-ethyl adjacent to an activating group) is 1. The second-order valence-electron chi connectivity index (χ2n) is 2.66. The van der Waals surface area contributed by atoms with Gasteiger partial charge in [0, 0.05) is 24.4 Å². The van der Waals surface area contributed by atoms with Crippen molar-refractivity contribution in [1.82, 2.24) is 4.90 Å². The zero-order chi connectivity index (χ0) is 8.27. The van der Waals surface area contributed by atoms with Crippen LogP contribution in [-0.2, 0) is 0 Å². The first-order valence-corrected chi connectivity index (χ1v) is 4.02. The minimum atomic E-state index is 0.885. The summed E-state index contributed by atoms with van der Waals surface area (Å²) < 4.78 is 0. The Kier molecular flexibility index (Phi) is 2.96. The fourth-order valence-corrected chi connectivity index (χ4v) is 1.51. The smallest absolute Gasteiger partial charge is 0.0856 e. The molecule has 1 aliphatic rings. The maximum absolute atomic E-state index is 5.18. The first kappa shape index (κ1) is 8.62. The van der Waals surface area contributed by atoms with Crippen molar-refractivity contribution in [3.63, 3.8) is 0 Å². The Bertz CT molecular complexity index is 198. The quantitative estimate of drug-likeness (QED) is 0.342. The molecule has 0 aromatic heterocycles.